The molecule has 0 rings (SSSR count). The van der Waals surface area contributed by atoms with Crippen LogP contribution in [0.1, 0.15) is 34.1 Å². The fourth-order valence-corrected chi connectivity index (χ4v) is 0.500. The Morgan fingerprint density at radius 2 is 1.56 bits per heavy atom. The van der Waals surface area contributed by atoms with Gasteiger partial charge in [0.1, 0.15) is 0 Å². The van der Waals surface area contributed by atoms with E-state index in [1.54, 1.807) is 13.0 Å². The molecule has 0 amide bonds. The summed E-state index contributed by atoms with van der Waals surface area (Å²) >= 11 is 0. The average molecular weight is 228 g/mol. The van der Waals surface area contributed by atoms with Crippen molar-refractivity contribution in [2.75, 3.05) is 0 Å². The predicted octanol–water partition coefficient (Wildman–Crippen LogP) is 2.71. The molecule has 16 heavy (non-hydrogen) atoms. The topological polar surface area (TPSA) is 74.6 Å². The van der Waals surface area contributed by atoms with Crippen LogP contribution in [0.4, 0.5) is 0 Å². The van der Waals surface area contributed by atoms with Crippen molar-refractivity contribution < 1.29 is 19.8 Å². The monoisotopic (exact) mass is 228 g/mol. The molecule has 2 N–H and O–H groups in total. The molecular weight excluding hydrogens is 208 g/mol. The Kier molecular flexibility index (Phi) is 9.16. The SMILES string of the molecule is C/C(=C\CC(C)C)C(=O)O.C=C(C)C(=O)O. The summed E-state index contributed by atoms with van der Waals surface area (Å²) in [5.74, 6) is -1.22. The molecule has 0 fully saturated rings. The van der Waals surface area contributed by atoms with Crippen molar-refractivity contribution in [3.63, 3.8) is 0 Å². The van der Waals surface area contributed by atoms with Gasteiger partial charge in [-0.15, -0.1) is 0 Å². The maximum Gasteiger partial charge on any atom is 0.330 e. The van der Waals surface area contributed by atoms with Crippen molar-refractivity contribution >= 4 is 11.9 Å². The first-order chi connectivity index (χ1) is 7.18. The van der Waals surface area contributed by atoms with Gasteiger partial charge in [0.25, 0.3) is 0 Å². The number of carboxylic acids is 2. The Balaban J connectivity index is 0. The highest BCUT2D eigenvalue weighted by Crippen LogP contribution is 2.03. The van der Waals surface area contributed by atoms with Crippen molar-refractivity contribution in [2.24, 2.45) is 5.92 Å². The Bertz CT molecular complexity index is 275. The van der Waals surface area contributed by atoms with Gasteiger partial charge in [-0.25, -0.2) is 9.59 Å². The molecule has 0 spiro atoms. The second-order valence-corrected chi connectivity index (χ2v) is 3.91. The lowest BCUT2D eigenvalue weighted by Crippen LogP contribution is -1.96. The van der Waals surface area contributed by atoms with Gasteiger partial charge in [0.2, 0.25) is 0 Å². The summed E-state index contributed by atoms with van der Waals surface area (Å²) in [7, 11) is 0. The Morgan fingerprint density at radius 1 is 1.19 bits per heavy atom. The summed E-state index contributed by atoms with van der Waals surface area (Å²) in [6.07, 6.45) is 2.60. The van der Waals surface area contributed by atoms with Crippen molar-refractivity contribution in [3.05, 3.63) is 23.8 Å². The lowest BCUT2D eigenvalue weighted by molar-refractivity contribution is -0.133. The molecule has 0 aromatic carbocycles. The van der Waals surface area contributed by atoms with Crippen LogP contribution in [0.15, 0.2) is 23.8 Å². The minimum atomic E-state index is -0.935. The van der Waals surface area contributed by atoms with E-state index in [-0.39, 0.29) is 5.57 Å². The summed E-state index contributed by atoms with van der Waals surface area (Å²) in [6, 6.07) is 0. The number of carboxylic acid groups (broad SMARTS) is 2. The zero-order chi connectivity index (χ0) is 13.3. The quantitative estimate of drug-likeness (QED) is 0.725. The van der Waals surface area contributed by atoms with Gasteiger partial charge in [-0.05, 0) is 26.2 Å². The summed E-state index contributed by atoms with van der Waals surface area (Å²) < 4.78 is 0. The minimum absolute atomic E-state index is 0.176. The molecule has 0 aromatic heterocycles. The highest BCUT2D eigenvalue weighted by atomic mass is 16.4. The van der Waals surface area contributed by atoms with Crippen LogP contribution in [-0.2, 0) is 9.59 Å². The average Bonchev–Trinajstić information content (AvgIpc) is 2.14. The lowest BCUT2D eigenvalue weighted by atomic mass is 10.1. The van der Waals surface area contributed by atoms with Gasteiger partial charge in [0, 0.05) is 11.1 Å². The Labute approximate surface area is 96.3 Å². The first kappa shape index (κ1) is 16.8. The molecule has 0 saturated carbocycles. The predicted molar refractivity (Wildman–Crippen MR) is 63.3 cm³/mol. The molecule has 0 unspecified atom stereocenters. The first-order valence-corrected chi connectivity index (χ1v) is 4.97. The molecule has 0 aliphatic carbocycles. The van der Waals surface area contributed by atoms with Crippen LogP contribution in [0.2, 0.25) is 0 Å². The minimum Gasteiger partial charge on any atom is -0.478 e. The van der Waals surface area contributed by atoms with Gasteiger partial charge in [-0.2, -0.15) is 0 Å². The van der Waals surface area contributed by atoms with Crippen LogP contribution in [0.3, 0.4) is 0 Å². The molecule has 0 heterocycles. The van der Waals surface area contributed by atoms with Crippen LogP contribution in [0.25, 0.3) is 0 Å². The van der Waals surface area contributed by atoms with Gasteiger partial charge in [-0.3, -0.25) is 0 Å². The Hall–Kier alpha value is -1.58. The maximum atomic E-state index is 10.2. The Morgan fingerprint density at radius 3 is 1.75 bits per heavy atom. The molecule has 92 valence electrons. The normalized spacial score (nSPS) is 10.4. The first-order valence-electron chi connectivity index (χ1n) is 4.97. The molecular formula is C12H20O4. The van der Waals surface area contributed by atoms with E-state index in [0.717, 1.165) is 6.42 Å². The van der Waals surface area contributed by atoms with Gasteiger partial charge in [0.15, 0.2) is 0 Å². The zero-order valence-corrected chi connectivity index (χ0v) is 10.3. The number of allylic oxidation sites excluding steroid dienone is 1. The molecule has 0 atom stereocenters. The molecule has 0 aromatic rings. The summed E-state index contributed by atoms with van der Waals surface area (Å²) in [5.41, 5.74) is 0.615. The van der Waals surface area contributed by atoms with Crippen LogP contribution < -0.4 is 0 Å². The van der Waals surface area contributed by atoms with E-state index in [0.29, 0.717) is 11.5 Å². The van der Waals surface area contributed by atoms with E-state index in [1.165, 1.54) is 6.92 Å². The van der Waals surface area contributed by atoms with E-state index >= 15 is 0 Å². The van der Waals surface area contributed by atoms with Crippen LogP contribution in [0.5, 0.6) is 0 Å². The highest BCUT2D eigenvalue weighted by Gasteiger charge is 1.98. The van der Waals surface area contributed by atoms with Gasteiger partial charge in [-0.1, -0.05) is 26.5 Å². The number of hydrogen-bond acceptors (Lipinski definition) is 2. The zero-order valence-electron chi connectivity index (χ0n) is 10.3. The highest BCUT2D eigenvalue weighted by molar-refractivity contribution is 5.85. The molecule has 0 radical (unpaired) electrons. The van der Waals surface area contributed by atoms with Crippen molar-refractivity contribution in [1.29, 1.82) is 0 Å². The van der Waals surface area contributed by atoms with Gasteiger partial charge < -0.3 is 10.2 Å². The largest absolute Gasteiger partial charge is 0.478 e. The number of aliphatic carboxylic acids is 2. The summed E-state index contributed by atoms with van der Waals surface area (Å²) in [6.45, 7) is 10.3. The summed E-state index contributed by atoms with van der Waals surface area (Å²) in [5, 5.41) is 16.3. The molecule has 4 nitrogen and oxygen atoms in total. The van der Waals surface area contributed by atoms with Gasteiger partial charge >= 0.3 is 11.9 Å². The van der Waals surface area contributed by atoms with E-state index < -0.39 is 11.9 Å². The van der Waals surface area contributed by atoms with E-state index in [4.69, 9.17) is 10.2 Å². The second-order valence-electron chi connectivity index (χ2n) is 3.91. The van der Waals surface area contributed by atoms with E-state index in [9.17, 15) is 9.59 Å². The van der Waals surface area contributed by atoms with Gasteiger partial charge in [0.05, 0.1) is 0 Å². The molecule has 0 saturated heterocycles. The molecule has 4 heteroatoms. The smallest absolute Gasteiger partial charge is 0.330 e. The fourth-order valence-electron chi connectivity index (χ4n) is 0.500. The van der Waals surface area contributed by atoms with Crippen molar-refractivity contribution in [2.45, 2.75) is 34.1 Å². The number of carbonyl (C=O) groups is 2. The van der Waals surface area contributed by atoms with E-state index in [1.807, 2.05) is 0 Å². The van der Waals surface area contributed by atoms with E-state index in [2.05, 4.69) is 20.4 Å². The van der Waals surface area contributed by atoms with Crippen molar-refractivity contribution in [1.82, 2.24) is 0 Å². The van der Waals surface area contributed by atoms with Crippen molar-refractivity contribution in [3.8, 4) is 0 Å². The third-order valence-corrected chi connectivity index (χ3v) is 1.60. The fraction of sp³-hybridized carbons (Fsp3) is 0.500. The molecule has 0 aliphatic rings. The third-order valence-electron chi connectivity index (χ3n) is 1.60. The summed E-state index contributed by atoms with van der Waals surface area (Å²) in [4.78, 5) is 19.8. The lowest BCUT2D eigenvalue weighted by Gasteiger charge is -1.97. The maximum absolute atomic E-state index is 10.2. The number of hydrogen-bond donors (Lipinski definition) is 2. The standard InChI is InChI=1S/C8H14O2.C4H6O2/c1-6(2)4-5-7(3)8(9)10;1-3(2)4(5)6/h5-6H,4H2,1-3H3,(H,9,10);1H2,2H3,(H,5,6)/b7-5+;. The van der Waals surface area contributed by atoms with Crippen LogP contribution >= 0.6 is 0 Å². The molecule has 0 bridgehead atoms. The van der Waals surface area contributed by atoms with Crippen LogP contribution in [-0.4, -0.2) is 22.2 Å². The second kappa shape index (κ2) is 8.71. The van der Waals surface area contributed by atoms with Crippen LogP contribution in [0, 0.1) is 5.92 Å². The third kappa shape index (κ3) is 12.4. The molecule has 0 aliphatic heterocycles. The number of rotatable bonds is 4.